The summed E-state index contributed by atoms with van der Waals surface area (Å²) in [4.78, 5) is 1.30. The number of halogens is 1. The normalized spacial score (nSPS) is 12.8. The lowest BCUT2D eigenvalue weighted by atomic mass is 10.1. The van der Waals surface area contributed by atoms with Crippen LogP contribution in [0.1, 0.15) is 31.7 Å². The monoisotopic (exact) mass is 455 g/mol. The Kier molecular flexibility index (Phi) is 14.1. The molecule has 0 atom stereocenters. The second kappa shape index (κ2) is 16.2. The second-order valence-corrected chi connectivity index (χ2v) is 8.20. The molecule has 0 radical (unpaired) electrons. The highest BCUT2D eigenvalue weighted by atomic mass is 79.9. The van der Waals surface area contributed by atoms with E-state index in [1.807, 2.05) is 18.0 Å². The third-order valence-corrected chi connectivity index (χ3v) is 5.55. The molecule has 0 aliphatic heterocycles. The van der Waals surface area contributed by atoms with Gasteiger partial charge in [-0.25, -0.2) is 4.31 Å². The molecule has 0 bridgehead atoms. The summed E-state index contributed by atoms with van der Waals surface area (Å²) in [6, 6.07) is 10.6. The van der Waals surface area contributed by atoms with E-state index in [2.05, 4.69) is 100 Å². The quantitative estimate of drug-likeness (QED) is 0.131. The highest BCUT2D eigenvalue weighted by molar-refractivity contribution is 9.11. The molecule has 0 heterocycles. The summed E-state index contributed by atoms with van der Waals surface area (Å²) in [5.41, 5.74) is 1.35. The third-order valence-electron chi connectivity index (χ3n) is 3.80. The highest BCUT2D eigenvalue weighted by Crippen LogP contribution is 2.25. The fraction of sp³-hybridized carbons (Fsp3) is 0.280. The van der Waals surface area contributed by atoms with Crippen molar-refractivity contribution in [3.8, 4) is 12.3 Å². The van der Waals surface area contributed by atoms with E-state index in [4.69, 9.17) is 6.42 Å². The van der Waals surface area contributed by atoms with Gasteiger partial charge in [-0.1, -0.05) is 96.2 Å². The number of hydrogen-bond donors (Lipinski definition) is 0. The van der Waals surface area contributed by atoms with Crippen LogP contribution in [0.5, 0.6) is 0 Å². The Labute approximate surface area is 184 Å². The van der Waals surface area contributed by atoms with E-state index in [1.165, 1.54) is 10.5 Å². The van der Waals surface area contributed by atoms with Gasteiger partial charge >= 0.3 is 0 Å². The van der Waals surface area contributed by atoms with Crippen molar-refractivity contribution >= 4 is 27.9 Å². The maximum absolute atomic E-state index is 5.47. The molecule has 1 nitrogen and oxygen atoms in total. The minimum atomic E-state index is 0.666. The first-order valence-electron chi connectivity index (χ1n) is 9.58. The summed E-state index contributed by atoms with van der Waals surface area (Å²) in [6.07, 6.45) is 23.7. The summed E-state index contributed by atoms with van der Waals surface area (Å²) < 4.78 is 3.37. The topological polar surface area (TPSA) is 3.24 Å². The van der Waals surface area contributed by atoms with Gasteiger partial charge in [0.25, 0.3) is 0 Å². The molecule has 1 aromatic carbocycles. The average Bonchev–Trinajstić information content (AvgIpc) is 2.73. The van der Waals surface area contributed by atoms with E-state index in [0.29, 0.717) is 6.42 Å². The number of terminal acetylenes is 1. The molecule has 3 heteroatoms. The molecule has 1 rings (SSSR count). The van der Waals surface area contributed by atoms with Crippen molar-refractivity contribution in [3.05, 3.63) is 94.4 Å². The summed E-state index contributed by atoms with van der Waals surface area (Å²) in [5, 5.41) is 0. The predicted octanol–water partition coefficient (Wildman–Crippen LogP) is 7.46. The van der Waals surface area contributed by atoms with Gasteiger partial charge in [-0.05, 0) is 42.8 Å². The van der Waals surface area contributed by atoms with Crippen LogP contribution in [0.3, 0.4) is 0 Å². The molecule has 28 heavy (non-hydrogen) atoms. The lowest BCUT2D eigenvalue weighted by Gasteiger charge is -2.21. The summed E-state index contributed by atoms with van der Waals surface area (Å²) in [7, 11) is 0. The van der Waals surface area contributed by atoms with Gasteiger partial charge in [0.05, 0.1) is 0 Å². The third kappa shape index (κ3) is 11.9. The fourth-order valence-corrected chi connectivity index (χ4v) is 3.50. The van der Waals surface area contributed by atoms with Crippen molar-refractivity contribution in [3.63, 3.8) is 0 Å². The first kappa shape index (κ1) is 24.3. The van der Waals surface area contributed by atoms with Crippen molar-refractivity contribution < 1.29 is 0 Å². The Balaban J connectivity index is 2.81. The van der Waals surface area contributed by atoms with Crippen LogP contribution >= 0.6 is 27.9 Å². The first-order chi connectivity index (χ1) is 13.7. The van der Waals surface area contributed by atoms with Crippen LogP contribution in [0.2, 0.25) is 0 Å². The van der Waals surface area contributed by atoms with Gasteiger partial charge in [-0.2, -0.15) is 0 Å². The molecule has 0 aliphatic rings. The van der Waals surface area contributed by atoms with E-state index in [9.17, 15) is 0 Å². The van der Waals surface area contributed by atoms with Gasteiger partial charge in [0.15, 0.2) is 0 Å². The molecular weight excluding hydrogens is 426 g/mol. The molecule has 1 aromatic rings. The van der Waals surface area contributed by atoms with Crippen molar-refractivity contribution in [2.45, 2.75) is 32.6 Å². The van der Waals surface area contributed by atoms with Gasteiger partial charge in [-0.15, -0.1) is 12.3 Å². The molecule has 148 valence electrons. The van der Waals surface area contributed by atoms with Crippen LogP contribution < -0.4 is 0 Å². The lowest BCUT2D eigenvalue weighted by molar-refractivity contribution is 0.524. The molecule has 0 fully saturated rings. The van der Waals surface area contributed by atoms with Gasteiger partial charge in [0, 0.05) is 28.9 Å². The van der Waals surface area contributed by atoms with Crippen LogP contribution in [0.15, 0.2) is 88.8 Å². The number of nitrogens with zero attached hydrogens (tertiary/aromatic N) is 1. The van der Waals surface area contributed by atoms with Gasteiger partial charge < -0.3 is 0 Å². The van der Waals surface area contributed by atoms with E-state index >= 15 is 0 Å². The van der Waals surface area contributed by atoms with E-state index in [0.717, 1.165) is 36.8 Å². The zero-order chi connectivity index (χ0) is 20.5. The molecule has 0 aromatic heterocycles. The van der Waals surface area contributed by atoms with Gasteiger partial charge in [-0.3, -0.25) is 0 Å². The molecule has 0 spiro atoms. The number of benzene rings is 1. The molecule has 0 aliphatic carbocycles. The van der Waals surface area contributed by atoms with Crippen molar-refractivity contribution in [1.82, 2.24) is 4.31 Å². The van der Waals surface area contributed by atoms with Crippen molar-refractivity contribution in [1.29, 1.82) is 0 Å². The highest BCUT2D eigenvalue weighted by Gasteiger charge is 2.08. The van der Waals surface area contributed by atoms with Crippen molar-refractivity contribution in [2.75, 3.05) is 13.1 Å². The maximum Gasteiger partial charge on any atom is 0.0278 e. The van der Waals surface area contributed by atoms with E-state index in [1.54, 1.807) is 6.08 Å². The van der Waals surface area contributed by atoms with E-state index < -0.39 is 0 Å². The molecule has 0 amide bonds. The Hall–Kier alpha value is -1.73. The lowest BCUT2D eigenvalue weighted by Crippen LogP contribution is -2.19. The maximum atomic E-state index is 5.47. The van der Waals surface area contributed by atoms with E-state index in [-0.39, 0.29) is 0 Å². The minimum Gasteiger partial charge on any atom is -0.243 e. The summed E-state index contributed by atoms with van der Waals surface area (Å²) in [6.45, 7) is 7.73. The standard InChI is InChI=1S/C25H30BrNS/c1-4-7-10-19-25(18-8-5-2)28-27(21-14-13-17-24(26)6-3)22-20-23-15-11-9-12-16-23/h2,6-7,9-18H,3-4,8,19-22H2,1H3/b10-7-,14-13+,24-17+,25-18+. The first-order valence-corrected chi connectivity index (χ1v) is 11.1. The molecule has 0 saturated carbocycles. The van der Waals surface area contributed by atoms with Gasteiger partial charge in [0.1, 0.15) is 0 Å². The second-order valence-electron chi connectivity index (χ2n) is 6.06. The van der Waals surface area contributed by atoms with Crippen LogP contribution in [-0.2, 0) is 6.42 Å². The zero-order valence-electron chi connectivity index (χ0n) is 16.7. The number of rotatable bonds is 13. The van der Waals surface area contributed by atoms with Crippen LogP contribution in [0, 0.1) is 12.3 Å². The largest absolute Gasteiger partial charge is 0.243 e. The van der Waals surface area contributed by atoms with Crippen LogP contribution in [0.4, 0.5) is 0 Å². The molecular formula is C25H30BrNS. The Bertz CT molecular complexity index is 723. The Morgan fingerprint density at radius 1 is 1.25 bits per heavy atom. The van der Waals surface area contributed by atoms with Crippen molar-refractivity contribution in [2.24, 2.45) is 0 Å². The number of allylic oxidation sites excluding steroid dienone is 8. The molecule has 0 N–H and O–H groups in total. The average molecular weight is 456 g/mol. The molecule has 0 unspecified atom stereocenters. The predicted molar refractivity (Wildman–Crippen MR) is 131 cm³/mol. The summed E-state index contributed by atoms with van der Waals surface area (Å²) in [5.74, 6) is 2.72. The van der Waals surface area contributed by atoms with Crippen LogP contribution in [-0.4, -0.2) is 17.4 Å². The minimum absolute atomic E-state index is 0.666. The zero-order valence-corrected chi connectivity index (χ0v) is 19.1. The Morgan fingerprint density at radius 3 is 2.71 bits per heavy atom. The molecule has 0 saturated heterocycles. The summed E-state index contributed by atoms with van der Waals surface area (Å²) >= 11 is 5.25. The van der Waals surface area contributed by atoms with Crippen LogP contribution in [0.25, 0.3) is 0 Å². The fourth-order valence-electron chi connectivity index (χ4n) is 2.34. The number of hydrogen-bond acceptors (Lipinski definition) is 2. The van der Waals surface area contributed by atoms with Gasteiger partial charge in [0.2, 0.25) is 0 Å². The SMILES string of the molecule is C#CC/C=C(\C/C=C\CC)SN(C/C=C/C=C(/Br)C=C)CCc1ccccc1. The smallest absolute Gasteiger partial charge is 0.0278 e. The Morgan fingerprint density at radius 2 is 2.04 bits per heavy atom.